The zero-order chi connectivity index (χ0) is 20.4. The molecule has 1 amide bonds. The monoisotopic (exact) mass is 393 g/mol. The van der Waals surface area contributed by atoms with Gasteiger partial charge in [-0.15, -0.1) is 0 Å². The molecule has 1 atom stereocenters. The second-order valence-corrected chi connectivity index (χ2v) is 8.19. The number of fused-ring (bicyclic) bond motifs is 1. The van der Waals surface area contributed by atoms with Crippen LogP contribution in [0.1, 0.15) is 45.2 Å². The van der Waals surface area contributed by atoms with E-state index in [1.54, 1.807) is 0 Å². The Labute approximate surface area is 173 Å². The number of ether oxygens (including phenoxy) is 1. The fourth-order valence-corrected chi connectivity index (χ4v) is 4.34. The quantitative estimate of drug-likeness (QED) is 0.837. The first-order valence-electron chi connectivity index (χ1n) is 10.6. The third-order valence-electron chi connectivity index (χ3n) is 6.18. The van der Waals surface area contributed by atoms with Crippen molar-refractivity contribution < 1.29 is 9.53 Å². The number of morpholine rings is 1. The van der Waals surface area contributed by atoms with Crippen molar-refractivity contribution in [1.82, 2.24) is 9.80 Å². The van der Waals surface area contributed by atoms with Gasteiger partial charge in [0.1, 0.15) is 6.17 Å². The van der Waals surface area contributed by atoms with Gasteiger partial charge in [-0.3, -0.25) is 9.69 Å². The van der Waals surface area contributed by atoms with Crippen LogP contribution in [0.3, 0.4) is 0 Å². The summed E-state index contributed by atoms with van der Waals surface area (Å²) in [5, 5.41) is 3.64. The lowest BCUT2D eigenvalue weighted by Crippen LogP contribution is -2.45. The van der Waals surface area contributed by atoms with Crippen LogP contribution in [0.15, 0.2) is 36.4 Å². The summed E-state index contributed by atoms with van der Waals surface area (Å²) in [6.45, 7) is 11.7. The van der Waals surface area contributed by atoms with Crippen LogP contribution >= 0.6 is 0 Å². The maximum atomic E-state index is 13.4. The second kappa shape index (κ2) is 8.56. The van der Waals surface area contributed by atoms with Crippen molar-refractivity contribution in [3.05, 3.63) is 64.2 Å². The summed E-state index contributed by atoms with van der Waals surface area (Å²) >= 11 is 0. The maximum Gasteiger partial charge on any atom is 0.257 e. The predicted molar refractivity (Wildman–Crippen MR) is 116 cm³/mol. The summed E-state index contributed by atoms with van der Waals surface area (Å²) in [6, 6.07) is 12.3. The molecule has 1 saturated heterocycles. The van der Waals surface area contributed by atoms with Crippen LogP contribution in [0.25, 0.3) is 0 Å². The third kappa shape index (κ3) is 4.16. The van der Waals surface area contributed by atoms with Crippen molar-refractivity contribution in [3.8, 4) is 0 Å². The van der Waals surface area contributed by atoms with Gasteiger partial charge < -0.3 is 15.0 Å². The highest BCUT2D eigenvalue weighted by Crippen LogP contribution is 2.35. The van der Waals surface area contributed by atoms with Gasteiger partial charge in [-0.1, -0.05) is 24.3 Å². The van der Waals surface area contributed by atoms with Crippen LogP contribution in [0.4, 0.5) is 5.69 Å². The molecular weight excluding hydrogens is 362 g/mol. The number of nitrogens with one attached hydrogen (secondary N) is 1. The van der Waals surface area contributed by atoms with E-state index in [-0.39, 0.29) is 12.1 Å². The third-order valence-corrected chi connectivity index (χ3v) is 6.18. The molecule has 2 aromatic carbocycles. The average molecular weight is 394 g/mol. The van der Waals surface area contributed by atoms with Crippen molar-refractivity contribution in [1.29, 1.82) is 0 Å². The van der Waals surface area contributed by atoms with Gasteiger partial charge in [0.05, 0.1) is 18.8 Å². The number of aryl methyl sites for hydroxylation is 3. The molecule has 2 aromatic rings. The van der Waals surface area contributed by atoms with Gasteiger partial charge in [-0.2, -0.15) is 0 Å². The molecule has 5 heteroatoms. The molecule has 2 aliphatic rings. The average Bonchev–Trinajstić information content (AvgIpc) is 2.73. The summed E-state index contributed by atoms with van der Waals surface area (Å²) in [5.41, 5.74) is 6.62. The van der Waals surface area contributed by atoms with Gasteiger partial charge in [-0.25, -0.2) is 0 Å². The topological polar surface area (TPSA) is 44.8 Å². The van der Waals surface area contributed by atoms with E-state index in [1.807, 2.05) is 29.2 Å². The minimum Gasteiger partial charge on any atom is -0.379 e. The number of amides is 1. The van der Waals surface area contributed by atoms with E-state index in [1.165, 1.54) is 22.3 Å². The van der Waals surface area contributed by atoms with E-state index in [0.29, 0.717) is 0 Å². The lowest BCUT2D eigenvalue weighted by atomic mass is 9.96. The zero-order valence-electron chi connectivity index (χ0n) is 17.7. The van der Waals surface area contributed by atoms with Gasteiger partial charge in [0.25, 0.3) is 5.91 Å². The molecule has 2 heterocycles. The molecule has 0 aliphatic carbocycles. The van der Waals surface area contributed by atoms with Gasteiger partial charge in [-0.05, 0) is 61.6 Å². The van der Waals surface area contributed by atoms with E-state index < -0.39 is 0 Å². The Morgan fingerprint density at radius 2 is 1.72 bits per heavy atom. The van der Waals surface area contributed by atoms with Gasteiger partial charge in [0, 0.05) is 31.9 Å². The number of carbonyl (C=O) groups excluding carboxylic acids is 1. The first kappa shape index (κ1) is 19.9. The lowest BCUT2D eigenvalue weighted by molar-refractivity contribution is 0.0348. The number of hydrogen-bond acceptors (Lipinski definition) is 4. The summed E-state index contributed by atoms with van der Waals surface area (Å²) in [6.07, 6.45) is 0.817. The predicted octanol–water partition coefficient (Wildman–Crippen LogP) is 3.90. The maximum absolute atomic E-state index is 13.4. The van der Waals surface area contributed by atoms with Crippen molar-refractivity contribution in [2.45, 2.75) is 33.4 Å². The van der Waals surface area contributed by atoms with E-state index in [4.69, 9.17) is 4.74 Å². The van der Waals surface area contributed by atoms with Crippen molar-refractivity contribution in [3.63, 3.8) is 0 Å². The molecule has 4 rings (SSSR count). The lowest BCUT2D eigenvalue weighted by Gasteiger charge is -2.39. The van der Waals surface area contributed by atoms with E-state index in [2.05, 4.69) is 43.1 Å². The van der Waals surface area contributed by atoms with Crippen LogP contribution in [0.2, 0.25) is 0 Å². The standard InChI is InChI=1S/C24H31N3O2/c1-17-15-19(3)21(16-18(17)2)23-25-22-8-5-4-7-20(22)24(28)27(23)10-6-9-26-11-13-29-14-12-26/h4-5,7-8,15-16,23,25H,6,9-14H2,1-3H3/t23-/m1/s1. The largest absolute Gasteiger partial charge is 0.379 e. The Balaban J connectivity index is 1.60. The Morgan fingerprint density at radius 1 is 1.00 bits per heavy atom. The molecule has 5 nitrogen and oxygen atoms in total. The highest BCUT2D eigenvalue weighted by Gasteiger charge is 2.33. The number of hydrogen-bond donors (Lipinski definition) is 1. The molecular formula is C24H31N3O2. The fourth-order valence-electron chi connectivity index (χ4n) is 4.34. The molecule has 0 spiro atoms. The molecule has 154 valence electrons. The van der Waals surface area contributed by atoms with Gasteiger partial charge >= 0.3 is 0 Å². The smallest absolute Gasteiger partial charge is 0.257 e. The highest BCUT2D eigenvalue weighted by molar-refractivity contribution is 6.01. The number of benzene rings is 2. The van der Waals surface area contributed by atoms with Crippen LogP contribution in [-0.4, -0.2) is 55.1 Å². The fraction of sp³-hybridized carbons (Fsp3) is 0.458. The molecule has 1 N–H and O–H groups in total. The molecule has 29 heavy (non-hydrogen) atoms. The number of rotatable bonds is 5. The Hall–Kier alpha value is -2.37. The normalized spacial score (nSPS) is 19.8. The minimum absolute atomic E-state index is 0.115. The van der Waals surface area contributed by atoms with Crippen LogP contribution in [0, 0.1) is 20.8 Å². The molecule has 1 fully saturated rings. The van der Waals surface area contributed by atoms with E-state index in [9.17, 15) is 4.79 Å². The van der Waals surface area contributed by atoms with Crippen molar-refractivity contribution in [2.24, 2.45) is 0 Å². The van der Waals surface area contributed by atoms with Gasteiger partial charge in [0.15, 0.2) is 0 Å². The van der Waals surface area contributed by atoms with Crippen molar-refractivity contribution >= 4 is 11.6 Å². The summed E-state index contributed by atoms with van der Waals surface area (Å²) in [7, 11) is 0. The summed E-state index contributed by atoms with van der Waals surface area (Å²) in [4.78, 5) is 17.8. The van der Waals surface area contributed by atoms with E-state index in [0.717, 1.165) is 57.1 Å². The van der Waals surface area contributed by atoms with E-state index >= 15 is 0 Å². The Bertz CT molecular complexity index is 890. The Morgan fingerprint density at radius 3 is 2.52 bits per heavy atom. The number of para-hydroxylation sites is 1. The number of carbonyl (C=O) groups is 1. The molecule has 0 unspecified atom stereocenters. The summed E-state index contributed by atoms with van der Waals surface area (Å²) in [5.74, 6) is 0.115. The Kier molecular flexibility index (Phi) is 5.88. The number of anilines is 1. The SMILES string of the molecule is Cc1cc(C)c([C@@H]2Nc3ccccc3C(=O)N2CCCN2CCOCC2)cc1C. The molecule has 0 bridgehead atoms. The van der Waals surface area contributed by atoms with Crippen LogP contribution < -0.4 is 5.32 Å². The van der Waals surface area contributed by atoms with Crippen molar-refractivity contribution in [2.75, 3.05) is 44.7 Å². The number of nitrogens with zero attached hydrogens (tertiary/aromatic N) is 2. The molecule has 0 aromatic heterocycles. The second-order valence-electron chi connectivity index (χ2n) is 8.19. The molecule has 0 radical (unpaired) electrons. The van der Waals surface area contributed by atoms with Crippen LogP contribution in [0.5, 0.6) is 0 Å². The minimum atomic E-state index is -0.138. The first-order chi connectivity index (χ1) is 14.0. The molecule has 2 aliphatic heterocycles. The zero-order valence-corrected chi connectivity index (χ0v) is 17.7. The first-order valence-corrected chi connectivity index (χ1v) is 10.6. The van der Waals surface area contributed by atoms with Crippen LogP contribution in [-0.2, 0) is 4.74 Å². The highest BCUT2D eigenvalue weighted by atomic mass is 16.5. The van der Waals surface area contributed by atoms with Gasteiger partial charge in [0.2, 0.25) is 0 Å². The molecule has 0 saturated carbocycles. The summed E-state index contributed by atoms with van der Waals surface area (Å²) < 4.78 is 5.44.